The van der Waals surface area contributed by atoms with E-state index in [9.17, 15) is 17.4 Å². The van der Waals surface area contributed by atoms with Gasteiger partial charge >= 0.3 is 5.97 Å². The average Bonchev–Trinajstić information content (AvgIpc) is 2.11. The normalized spacial score (nSPS) is 13.7. The Morgan fingerprint density at radius 1 is 1.27 bits per heavy atom. The lowest BCUT2D eigenvalue weighted by Gasteiger charge is -2.02. The van der Waals surface area contributed by atoms with Crippen molar-refractivity contribution in [1.29, 1.82) is 0 Å². The zero-order valence-corrected chi connectivity index (χ0v) is 10.3. The lowest BCUT2D eigenvalue weighted by atomic mass is 10.5. The summed E-state index contributed by atoms with van der Waals surface area (Å²) in [5, 5.41) is 8.32. The third-order valence-corrected chi connectivity index (χ3v) is 5.11. The Hall–Kier alpha value is -0.430. The van der Waals surface area contributed by atoms with Gasteiger partial charge in [-0.2, -0.15) is 0 Å². The van der Waals surface area contributed by atoms with Crippen molar-refractivity contribution in [3.8, 4) is 0 Å². The van der Waals surface area contributed by atoms with E-state index in [4.69, 9.17) is 5.11 Å². The Morgan fingerprint density at radius 2 is 1.87 bits per heavy atom. The summed E-state index contributed by atoms with van der Waals surface area (Å²) in [5.41, 5.74) is 0. The number of carboxylic acid groups (broad SMARTS) is 1. The molecule has 0 rings (SSSR count). The molecule has 0 saturated heterocycles. The van der Waals surface area contributed by atoms with Crippen molar-refractivity contribution >= 4 is 26.6 Å². The van der Waals surface area contributed by atoms with Gasteiger partial charge in [-0.1, -0.05) is 6.92 Å². The van der Waals surface area contributed by atoms with Gasteiger partial charge in [0.1, 0.15) is 0 Å². The Labute approximate surface area is 92.2 Å². The van der Waals surface area contributed by atoms with E-state index in [-0.39, 0.29) is 29.4 Å². The van der Waals surface area contributed by atoms with Gasteiger partial charge in [-0.15, -0.1) is 0 Å². The minimum atomic E-state index is -3.11. The molecule has 90 valence electrons. The first-order valence-corrected chi connectivity index (χ1v) is 7.95. The summed E-state index contributed by atoms with van der Waals surface area (Å²) >= 11 is 0. The summed E-state index contributed by atoms with van der Waals surface area (Å²) in [4.78, 5) is 10.2. The minimum Gasteiger partial charge on any atom is -0.481 e. The van der Waals surface area contributed by atoms with E-state index in [1.807, 2.05) is 0 Å². The molecule has 0 radical (unpaired) electrons. The molecule has 1 N–H and O–H groups in total. The highest BCUT2D eigenvalue weighted by Crippen LogP contribution is 1.96. The van der Waals surface area contributed by atoms with E-state index in [1.54, 1.807) is 6.92 Å². The van der Waals surface area contributed by atoms with Crippen LogP contribution in [0.1, 0.15) is 19.8 Å². The molecule has 7 heteroatoms. The van der Waals surface area contributed by atoms with E-state index in [1.165, 1.54) is 0 Å². The summed E-state index contributed by atoms with van der Waals surface area (Å²) in [5.74, 6) is -0.970. The van der Waals surface area contributed by atoms with Crippen LogP contribution in [0.4, 0.5) is 0 Å². The van der Waals surface area contributed by atoms with Crippen LogP contribution in [-0.4, -0.2) is 46.7 Å². The van der Waals surface area contributed by atoms with Gasteiger partial charge in [0.2, 0.25) is 0 Å². The minimum absolute atomic E-state index is 0.0248. The van der Waals surface area contributed by atoms with Gasteiger partial charge in [0, 0.05) is 28.1 Å². The highest BCUT2D eigenvalue weighted by Gasteiger charge is 2.12. The molecule has 15 heavy (non-hydrogen) atoms. The van der Waals surface area contributed by atoms with Crippen molar-refractivity contribution in [2.75, 3.05) is 23.0 Å². The molecule has 0 fully saturated rings. The third kappa shape index (κ3) is 8.56. The number of carboxylic acids is 1. The Balaban J connectivity index is 3.85. The van der Waals surface area contributed by atoms with Crippen LogP contribution in [0.25, 0.3) is 0 Å². The fourth-order valence-electron chi connectivity index (χ4n) is 0.936. The number of carbonyl (C=O) groups is 1. The van der Waals surface area contributed by atoms with Crippen molar-refractivity contribution in [2.45, 2.75) is 19.8 Å². The zero-order valence-electron chi connectivity index (χ0n) is 8.64. The third-order valence-electron chi connectivity index (χ3n) is 1.68. The van der Waals surface area contributed by atoms with Crippen LogP contribution in [0.15, 0.2) is 0 Å². The van der Waals surface area contributed by atoms with Gasteiger partial charge in [0.25, 0.3) is 0 Å². The highest BCUT2D eigenvalue weighted by atomic mass is 32.2. The average molecular weight is 256 g/mol. The second kappa shape index (κ2) is 6.95. The maximum Gasteiger partial charge on any atom is 0.304 e. The van der Waals surface area contributed by atoms with Crippen LogP contribution in [0.5, 0.6) is 0 Å². The van der Waals surface area contributed by atoms with Gasteiger partial charge in [-0.3, -0.25) is 9.00 Å². The van der Waals surface area contributed by atoms with Crippen LogP contribution in [0.2, 0.25) is 0 Å². The molecule has 0 spiro atoms. The predicted molar refractivity (Wildman–Crippen MR) is 59.1 cm³/mol. The van der Waals surface area contributed by atoms with Crippen molar-refractivity contribution in [3.63, 3.8) is 0 Å². The fourth-order valence-corrected chi connectivity index (χ4v) is 4.13. The predicted octanol–water partition coefficient (Wildman–Crippen LogP) is 0.0346. The standard InChI is InChI=1S/C8H16O5S2/c1-2-6-15(12,13)7-5-14(11)4-3-8(9)10/h2-7H2,1H3,(H,9,10). The number of aliphatic carboxylic acids is 1. The smallest absolute Gasteiger partial charge is 0.304 e. The van der Waals surface area contributed by atoms with Gasteiger partial charge < -0.3 is 5.11 Å². The first-order valence-electron chi connectivity index (χ1n) is 4.64. The summed E-state index contributed by atoms with van der Waals surface area (Å²) in [6.07, 6.45) is 0.366. The molecular weight excluding hydrogens is 240 g/mol. The fraction of sp³-hybridized carbons (Fsp3) is 0.875. The molecule has 0 aromatic carbocycles. The van der Waals surface area contributed by atoms with Gasteiger partial charge in [0.05, 0.1) is 12.2 Å². The molecule has 0 aromatic heterocycles. The molecule has 0 amide bonds. The van der Waals surface area contributed by atoms with Gasteiger partial charge in [0.15, 0.2) is 9.84 Å². The van der Waals surface area contributed by atoms with Gasteiger partial charge in [-0.25, -0.2) is 8.42 Å². The van der Waals surface area contributed by atoms with E-state index in [0.29, 0.717) is 6.42 Å². The van der Waals surface area contributed by atoms with Crippen LogP contribution in [0.3, 0.4) is 0 Å². The zero-order chi connectivity index (χ0) is 11.9. The molecule has 5 nitrogen and oxygen atoms in total. The Bertz CT molecular complexity index is 320. The topological polar surface area (TPSA) is 88.5 Å². The Kier molecular flexibility index (Phi) is 6.75. The van der Waals surface area contributed by atoms with Crippen molar-refractivity contribution in [2.24, 2.45) is 0 Å². The summed E-state index contributed by atoms with van der Waals surface area (Å²) in [7, 11) is -4.46. The maximum absolute atomic E-state index is 11.2. The molecule has 1 atom stereocenters. The summed E-state index contributed by atoms with van der Waals surface area (Å²) < 4.78 is 33.6. The highest BCUT2D eigenvalue weighted by molar-refractivity contribution is 7.93. The van der Waals surface area contributed by atoms with E-state index in [0.717, 1.165) is 0 Å². The molecule has 1 unspecified atom stereocenters. The number of hydrogen-bond acceptors (Lipinski definition) is 4. The second-order valence-electron chi connectivity index (χ2n) is 3.14. The largest absolute Gasteiger partial charge is 0.481 e. The maximum atomic E-state index is 11.2. The number of sulfone groups is 1. The molecule has 0 aliphatic rings. The first-order chi connectivity index (χ1) is 6.87. The van der Waals surface area contributed by atoms with Crippen LogP contribution in [0, 0.1) is 0 Å². The van der Waals surface area contributed by atoms with Crippen LogP contribution in [-0.2, 0) is 25.4 Å². The van der Waals surface area contributed by atoms with Crippen LogP contribution >= 0.6 is 0 Å². The van der Waals surface area contributed by atoms with E-state index >= 15 is 0 Å². The molecule has 0 aliphatic heterocycles. The van der Waals surface area contributed by atoms with Gasteiger partial charge in [-0.05, 0) is 6.42 Å². The second-order valence-corrected chi connectivity index (χ2v) is 7.14. The molecule has 0 aliphatic carbocycles. The molecule has 0 aromatic rings. The first kappa shape index (κ1) is 14.6. The molecular formula is C8H16O5S2. The lowest BCUT2D eigenvalue weighted by Crippen LogP contribution is -2.18. The van der Waals surface area contributed by atoms with E-state index < -0.39 is 26.6 Å². The molecule has 0 saturated carbocycles. The van der Waals surface area contributed by atoms with Crippen LogP contribution < -0.4 is 0 Å². The summed E-state index contributed by atoms with van der Waals surface area (Å²) in [6, 6.07) is 0. The van der Waals surface area contributed by atoms with Crippen molar-refractivity contribution < 1.29 is 22.5 Å². The molecule has 0 heterocycles. The lowest BCUT2D eigenvalue weighted by molar-refractivity contribution is -0.136. The van der Waals surface area contributed by atoms with Crippen molar-refractivity contribution in [1.82, 2.24) is 0 Å². The quantitative estimate of drug-likeness (QED) is 0.662. The Morgan fingerprint density at radius 3 is 2.33 bits per heavy atom. The summed E-state index contributed by atoms with van der Waals surface area (Å²) in [6.45, 7) is 1.76. The SMILES string of the molecule is CCCS(=O)(=O)CCS(=O)CCC(=O)O. The molecule has 0 bridgehead atoms. The monoisotopic (exact) mass is 256 g/mol. The van der Waals surface area contributed by atoms with Crippen molar-refractivity contribution in [3.05, 3.63) is 0 Å². The number of rotatable bonds is 8. The number of hydrogen-bond donors (Lipinski definition) is 1. The van der Waals surface area contributed by atoms with E-state index in [2.05, 4.69) is 0 Å².